The number of fused-ring (bicyclic) bond motifs is 1. The molecule has 4 rings (SSSR count). The predicted octanol–water partition coefficient (Wildman–Crippen LogP) is 3.75. The Balaban J connectivity index is 1.57. The molecule has 0 radical (unpaired) electrons. The lowest BCUT2D eigenvalue weighted by molar-refractivity contribution is -0.123. The molecule has 0 aromatic heterocycles. The van der Waals surface area contributed by atoms with Gasteiger partial charge < -0.3 is 15.2 Å². The summed E-state index contributed by atoms with van der Waals surface area (Å²) in [6.07, 6.45) is 1.46. The lowest BCUT2D eigenvalue weighted by Crippen LogP contribution is -2.40. The normalized spacial score (nSPS) is 22.7. The molecule has 2 aromatic carbocycles. The standard InChI is InChI=1S/C21H23BrN2O3/c22-18-9-16(12-24-8-4-7-15(11-24)20(23)25)19-17(10-18)13-26-21(27-19)14-5-2-1-3-6-14/h1-3,5-6,9-10,15,21H,4,7-8,11-13H2,(H2,23,25)/t15-,21+/m1/s1. The van der Waals surface area contributed by atoms with Crippen LogP contribution in [0.15, 0.2) is 46.9 Å². The number of halogens is 1. The van der Waals surface area contributed by atoms with Gasteiger partial charge in [0.05, 0.1) is 12.5 Å². The van der Waals surface area contributed by atoms with Crippen molar-refractivity contribution in [1.29, 1.82) is 0 Å². The SMILES string of the molecule is NC(=O)[C@@H]1CCCN(Cc2cc(Br)cc3c2O[C@@H](c2ccccc2)OC3)C1. The van der Waals surface area contributed by atoms with Gasteiger partial charge in [0.15, 0.2) is 0 Å². The first-order valence-corrected chi connectivity index (χ1v) is 10.1. The van der Waals surface area contributed by atoms with E-state index in [2.05, 4.69) is 26.9 Å². The van der Waals surface area contributed by atoms with Crippen LogP contribution < -0.4 is 10.5 Å². The average Bonchev–Trinajstić information content (AvgIpc) is 2.68. The van der Waals surface area contributed by atoms with Crippen LogP contribution in [0.3, 0.4) is 0 Å². The van der Waals surface area contributed by atoms with Gasteiger partial charge in [-0.1, -0.05) is 46.3 Å². The number of rotatable bonds is 4. The molecule has 2 atom stereocenters. The molecule has 1 saturated heterocycles. The fraction of sp³-hybridized carbons (Fsp3) is 0.381. The minimum atomic E-state index is -0.404. The highest BCUT2D eigenvalue weighted by Gasteiger charge is 2.28. The summed E-state index contributed by atoms with van der Waals surface area (Å²) in [4.78, 5) is 13.9. The van der Waals surface area contributed by atoms with Crippen molar-refractivity contribution in [1.82, 2.24) is 4.90 Å². The number of nitrogens with zero attached hydrogens (tertiary/aromatic N) is 1. The monoisotopic (exact) mass is 430 g/mol. The summed E-state index contributed by atoms with van der Waals surface area (Å²) in [7, 11) is 0. The number of hydrogen-bond donors (Lipinski definition) is 1. The van der Waals surface area contributed by atoms with Crippen molar-refractivity contribution in [3.05, 3.63) is 63.6 Å². The third kappa shape index (κ3) is 4.18. The van der Waals surface area contributed by atoms with Gasteiger partial charge in [-0.2, -0.15) is 0 Å². The number of carbonyl (C=O) groups excluding carboxylic acids is 1. The maximum atomic E-state index is 11.6. The number of likely N-dealkylation sites (tertiary alicyclic amines) is 1. The van der Waals surface area contributed by atoms with Crippen molar-refractivity contribution in [3.63, 3.8) is 0 Å². The number of carbonyl (C=O) groups is 1. The van der Waals surface area contributed by atoms with E-state index in [1.54, 1.807) is 0 Å². The maximum Gasteiger partial charge on any atom is 0.227 e. The quantitative estimate of drug-likeness (QED) is 0.801. The van der Waals surface area contributed by atoms with E-state index in [0.717, 1.165) is 52.8 Å². The number of amides is 1. The summed E-state index contributed by atoms with van der Waals surface area (Å²) in [5, 5.41) is 0. The Bertz CT molecular complexity index is 828. The van der Waals surface area contributed by atoms with Gasteiger partial charge in [0, 0.05) is 34.3 Å². The Labute approximate surface area is 167 Å². The van der Waals surface area contributed by atoms with Gasteiger partial charge in [-0.3, -0.25) is 9.69 Å². The number of nitrogens with two attached hydrogens (primary N) is 1. The molecule has 142 valence electrons. The van der Waals surface area contributed by atoms with E-state index in [1.807, 2.05) is 36.4 Å². The highest BCUT2D eigenvalue weighted by Crippen LogP contribution is 2.38. The van der Waals surface area contributed by atoms with E-state index in [4.69, 9.17) is 15.2 Å². The van der Waals surface area contributed by atoms with Crippen LogP contribution >= 0.6 is 15.9 Å². The molecule has 2 heterocycles. The highest BCUT2D eigenvalue weighted by atomic mass is 79.9. The molecule has 0 saturated carbocycles. The van der Waals surface area contributed by atoms with Crippen LogP contribution in [0.5, 0.6) is 5.75 Å². The molecule has 1 amide bonds. The van der Waals surface area contributed by atoms with Crippen LogP contribution in [-0.2, 0) is 22.7 Å². The van der Waals surface area contributed by atoms with Crippen LogP contribution in [0.4, 0.5) is 0 Å². The lowest BCUT2D eigenvalue weighted by atomic mass is 9.96. The molecule has 2 N–H and O–H groups in total. The molecule has 0 bridgehead atoms. The van der Waals surface area contributed by atoms with Gasteiger partial charge in [0.1, 0.15) is 5.75 Å². The summed E-state index contributed by atoms with van der Waals surface area (Å²) in [6.45, 7) is 2.90. The zero-order valence-electron chi connectivity index (χ0n) is 15.1. The molecule has 27 heavy (non-hydrogen) atoms. The Morgan fingerprint density at radius 3 is 2.85 bits per heavy atom. The smallest absolute Gasteiger partial charge is 0.227 e. The molecule has 0 unspecified atom stereocenters. The third-order valence-electron chi connectivity index (χ3n) is 5.20. The highest BCUT2D eigenvalue weighted by molar-refractivity contribution is 9.10. The summed E-state index contributed by atoms with van der Waals surface area (Å²) >= 11 is 3.60. The van der Waals surface area contributed by atoms with Gasteiger partial charge in [0.25, 0.3) is 0 Å². The van der Waals surface area contributed by atoms with E-state index in [-0.39, 0.29) is 11.8 Å². The van der Waals surface area contributed by atoms with Crippen LogP contribution in [0.2, 0.25) is 0 Å². The van der Waals surface area contributed by atoms with E-state index in [9.17, 15) is 4.79 Å². The average molecular weight is 431 g/mol. The Kier molecular flexibility index (Phi) is 5.48. The van der Waals surface area contributed by atoms with Crippen molar-refractivity contribution < 1.29 is 14.3 Å². The minimum Gasteiger partial charge on any atom is -0.460 e. The van der Waals surface area contributed by atoms with Crippen molar-refractivity contribution in [2.75, 3.05) is 13.1 Å². The Morgan fingerprint density at radius 1 is 1.26 bits per heavy atom. The number of ether oxygens (including phenoxy) is 2. The van der Waals surface area contributed by atoms with E-state index in [0.29, 0.717) is 13.2 Å². The van der Waals surface area contributed by atoms with Gasteiger partial charge in [-0.25, -0.2) is 0 Å². The first-order chi connectivity index (χ1) is 13.1. The summed E-state index contributed by atoms with van der Waals surface area (Å²) < 4.78 is 13.2. The molecular formula is C21H23BrN2O3. The zero-order valence-corrected chi connectivity index (χ0v) is 16.7. The Hall–Kier alpha value is -1.89. The molecule has 6 heteroatoms. The van der Waals surface area contributed by atoms with Gasteiger partial charge >= 0.3 is 0 Å². The van der Waals surface area contributed by atoms with Gasteiger partial charge in [-0.05, 0) is 31.5 Å². The van der Waals surface area contributed by atoms with Crippen molar-refractivity contribution in [2.45, 2.75) is 32.3 Å². The van der Waals surface area contributed by atoms with Crippen LogP contribution in [0, 0.1) is 5.92 Å². The molecular weight excluding hydrogens is 408 g/mol. The number of benzene rings is 2. The number of hydrogen-bond acceptors (Lipinski definition) is 4. The predicted molar refractivity (Wildman–Crippen MR) is 106 cm³/mol. The third-order valence-corrected chi connectivity index (χ3v) is 5.65. The number of primary amides is 1. The van der Waals surface area contributed by atoms with E-state index in [1.165, 1.54) is 0 Å². The molecule has 2 aliphatic rings. The van der Waals surface area contributed by atoms with E-state index >= 15 is 0 Å². The van der Waals surface area contributed by atoms with E-state index < -0.39 is 6.29 Å². The van der Waals surface area contributed by atoms with Crippen molar-refractivity contribution in [3.8, 4) is 5.75 Å². The molecule has 1 fully saturated rings. The summed E-state index contributed by atoms with van der Waals surface area (Å²) in [5.74, 6) is 0.618. The second kappa shape index (κ2) is 8.00. The van der Waals surface area contributed by atoms with Crippen LogP contribution in [0.1, 0.15) is 35.8 Å². The Morgan fingerprint density at radius 2 is 2.07 bits per heavy atom. The fourth-order valence-corrected chi connectivity index (χ4v) is 4.39. The molecule has 0 spiro atoms. The minimum absolute atomic E-state index is 0.0666. The zero-order chi connectivity index (χ0) is 18.8. The number of piperidine rings is 1. The topological polar surface area (TPSA) is 64.8 Å². The van der Waals surface area contributed by atoms with Gasteiger partial charge in [-0.15, -0.1) is 0 Å². The van der Waals surface area contributed by atoms with Crippen LogP contribution in [0.25, 0.3) is 0 Å². The molecule has 2 aliphatic heterocycles. The largest absolute Gasteiger partial charge is 0.460 e. The summed E-state index contributed by atoms with van der Waals surface area (Å²) in [6, 6.07) is 14.1. The maximum absolute atomic E-state index is 11.6. The first-order valence-electron chi connectivity index (χ1n) is 9.26. The fourth-order valence-electron chi connectivity index (χ4n) is 3.84. The lowest BCUT2D eigenvalue weighted by Gasteiger charge is -2.33. The van der Waals surface area contributed by atoms with Gasteiger partial charge in [0.2, 0.25) is 12.2 Å². The first kappa shape index (κ1) is 18.5. The second-order valence-corrected chi connectivity index (χ2v) is 8.12. The molecule has 2 aromatic rings. The van der Waals surface area contributed by atoms with Crippen molar-refractivity contribution in [2.24, 2.45) is 11.7 Å². The second-order valence-electron chi connectivity index (χ2n) is 7.20. The van der Waals surface area contributed by atoms with Crippen molar-refractivity contribution >= 4 is 21.8 Å². The molecule has 5 nitrogen and oxygen atoms in total. The summed E-state index contributed by atoms with van der Waals surface area (Å²) in [5.41, 5.74) is 8.67. The van der Waals surface area contributed by atoms with Crippen LogP contribution in [-0.4, -0.2) is 23.9 Å². The molecule has 0 aliphatic carbocycles.